The molecule has 36 heavy (non-hydrogen) atoms. The molecule has 1 aliphatic rings. The second kappa shape index (κ2) is 9.92. The van der Waals surface area contributed by atoms with E-state index in [0.29, 0.717) is 15.8 Å². The molecule has 0 saturated carbocycles. The first-order valence-electron chi connectivity index (χ1n) is 12.2. The second-order valence-corrected chi connectivity index (χ2v) is 10.9. The largest absolute Gasteiger partial charge is 0.362 e. The molecule has 4 aromatic rings. The number of hydrogen-bond donors (Lipinski definition) is 0. The summed E-state index contributed by atoms with van der Waals surface area (Å²) in [6, 6.07) is 6.93. The summed E-state index contributed by atoms with van der Waals surface area (Å²) < 4.78 is 3.82. The highest BCUT2D eigenvalue weighted by atomic mass is 79.9. The lowest BCUT2D eigenvalue weighted by Crippen LogP contribution is -2.59. The first-order chi connectivity index (χ1) is 17.4. The summed E-state index contributed by atoms with van der Waals surface area (Å²) in [4.78, 5) is 33.1. The molecule has 5 rings (SSSR count). The lowest BCUT2D eigenvalue weighted by molar-refractivity contribution is 0.0992. The van der Waals surface area contributed by atoms with Crippen LogP contribution < -0.4 is 10.5 Å². The van der Waals surface area contributed by atoms with Gasteiger partial charge in [-0.25, -0.2) is 24.1 Å². The molecule has 5 heterocycles. The predicted molar refractivity (Wildman–Crippen MR) is 145 cm³/mol. The SMILES string of the molecule is CC[C@H]1CN(C(C)c2ccc3ncsc3n2)[C@H](CC)CN1c1c(Br)c(=O)n(C)n2cc(CC#N)nc12. The Kier molecular flexibility index (Phi) is 6.85. The molecular formula is C25H29BrN8OS. The zero-order valence-corrected chi connectivity index (χ0v) is 23.3. The van der Waals surface area contributed by atoms with Gasteiger partial charge in [-0.3, -0.25) is 9.69 Å². The number of nitriles is 1. The third kappa shape index (κ3) is 4.11. The van der Waals surface area contributed by atoms with Crippen LogP contribution in [0.3, 0.4) is 0 Å². The molecule has 0 aromatic carbocycles. The van der Waals surface area contributed by atoms with Crippen LogP contribution in [-0.2, 0) is 13.5 Å². The summed E-state index contributed by atoms with van der Waals surface area (Å²) in [7, 11) is 1.72. The van der Waals surface area contributed by atoms with E-state index in [4.69, 9.17) is 9.97 Å². The van der Waals surface area contributed by atoms with Gasteiger partial charge in [-0.15, -0.1) is 11.3 Å². The van der Waals surface area contributed by atoms with E-state index in [9.17, 15) is 10.1 Å². The van der Waals surface area contributed by atoms with Crippen molar-refractivity contribution in [3.05, 3.63) is 50.1 Å². The zero-order chi connectivity index (χ0) is 25.6. The molecule has 0 spiro atoms. The van der Waals surface area contributed by atoms with Gasteiger partial charge in [-0.05, 0) is 47.8 Å². The molecule has 0 N–H and O–H groups in total. The highest BCUT2D eigenvalue weighted by Gasteiger charge is 2.38. The van der Waals surface area contributed by atoms with Crippen molar-refractivity contribution in [3.8, 4) is 6.07 Å². The number of anilines is 1. The van der Waals surface area contributed by atoms with Crippen molar-refractivity contribution >= 4 is 48.9 Å². The number of nitrogens with zero attached hydrogens (tertiary/aromatic N) is 8. The fourth-order valence-corrected chi connectivity index (χ4v) is 6.60. The topological polar surface area (TPSA) is 95.4 Å². The maximum atomic E-state index is 13.2. The van der Waals surface area contributed by atoms with Gasteiger partial charge in [0.1, 0.15) is 15.0 Å². The van der Waals surface area contributed by atoms with E-state index < -0.39 is 0 Å². The molecule has 0 amide bonds. The molecular weight excluding hydrogens is 540 g/mol. The molecule has 1 saturated heterocycles. The van der Waals surface area contributed by atoms with Gasteiger partial charge >= 0.3 is 0 Å². The summed E-state index contributed by atoms with van der Waals surface area (Å²) >= 11 is 5.18. The third-order valence-corrected chi connectivity index (χ3v) is 8.78. The van der Waals surface area contributed by atoms with E-state index in [1.54, 1.807) is 29.1 Å². The standard InChI is InChI=1S/C25H29BrN8OS/c1-5-17-13-33(22-21(26)25(35)31(4)34-11-16(9-10-27)29-23(22)34)18(6-2)12-32(17)15(3)19-7-8-20-24(30-19)36-14-28-20/h7-8,11,14-15,17-18H,5-6,9,12-13H2,1-4H3/t15?,17-,18+/m1/s1. The summed E-state index contributed by atoms with van der Waals surface area (Å²) in [5.74, 6) is 0. The average molecular weight is 570 g/mol. The van der Waals surface area contributed by atoms with Gasteiger partial charge in [0.2, 0.25) is 0 Å². The molecule has 1 fully saturated rings. The highest BCUT2D eigenvalue weighted by molar-refractivity contribution is 9.10. The Morgan fingerprint density at radius 2 is 2.00 bits per heavy atom. The van der Waals surface area contributed by atoms with Crippen LogP contribution in [0.4, 0.5) is 5.69 Å². The molecule has 0 bridgehead atoms. The highest BCUT2D eigenvalue weighted by Crippen LogP contribution is 2.36. The minimum Gasteiger partial charge on any atom is -0.362 e. The monoisotopic (exact) mass is 568 g/mol. The van der Waals surface area contributed by atoms with Crippen LogP contribution in [0.1, 0.15) is 51.0 Å². The van der Waals surface area contributed by atoms with Gasteiger partial charge in [0.25, 0.3) is 5.56 Å². The molecule has 0 radical (unpaired) electrons. The summed E-state index contributed by atoms with van der Waals surface area (Å²) in [6.45, 7) is 8.24. The Morgan fingerprint density at radius 3 is 2.72 bits per heavy atom. The van der Waals surface area contributed by atoms with Crippen LogP contribution in [0.25, 0.3) is 16.0 Å². The van der Waals surface area contributed by atoms with Crippen molar-refractivity contribution in [1.29, 1.82) is 5.26 Å². The molecule has 4 aromatic heterocycles. The van der Waals surface area contributed by atoms with E-state index in [0.717, 1.165) is 47.7 Å². The Bertz CT molecular complexity index is 1520. The van der Waals surface area contributed by atoms with Gasteiger partial charge < -0.3 is 4.90 Å². The van der Waals surface area contributed by atoms with Crippen molar-refractivity contribution < 1.29 is 0 Å². The molecule has 9 nitrogen and oxygen atoms in total. The molecule has 11 heteroatoms. The molecule has 0 aliphatic carbocycles. The number of fused-ring (bicyclic) bond motifs is 2. The fraction of sp³-hybridized carbons (Fsp3) is 0.480. The molecule has 1 unspecified atom stereocenters. The minimum absolute atomic E-state index is 0.126. The van der Waals surface area contributed by atoms with E-state index >= 15 is 0 Å². The van der Waals surface area contributed by atoms with Gasteiger partial charge in [0.05, 0.1) is 41.1 Å². The van der Waals surface area contributed by atoms with Crippen molar-refractivity contribution in [2.45, 2.75) is 58.2 Å². The average Bonchev–Trinajstić information content (AvgIpc) is 3.53. The quantitative estimate of drug-likeness (QED) is 0.342. The maximum absolute atomic E-state index is 13.2. The number of halogens is 1. The molecule has 3 atom stereocenters. The lowest BCUT2D eigenvalue weighted by atomic mass is 9.98. The first-order valence-corrected chi connectivity index (χ1v) is 13.9. The second-order valence-electron chi connectivity index (χ2n) is 9.29. The van der Waals surface area contributed by atoms with Gasteiger partial charge in [0, 0.05) is 38.3 Å². The first kappa shape index (κ1) is 24.9. The molecule has 188 valence electrons. The Morgan fingerprint density at radius 1 is 1.22 bits per heavy atom. The van der Waals surface area contributed by atoms with E-state index in [-0.39, 0.29) is 30.1 Å². The Hall–Kier alpha value is -2.81. The van der Waals surface area contributed by atoms with E-state index in [1.165, 1.54) is 4.68 Å². The van der Waals surface area contributed by atoms with Crippen LogP contribution >= 0.6 is 27.3 Å². The number of hydrogen-bond acceptors (Lipinski definition) is 8. The predicted octanol–water partition coefficient (Wildman–Crippen LogP) is 4.31. The molecule has 1 aliphatic heterocycles. The zero-order valence-electron chi connectivity index (χ0n) is 20.8. The van der Waals surface area contributed by atoms with Crippen LogP contribution in [0.15, 0.2) is 33.1 Å². The van der Waals surface area contributed by atoms with Crippen molar-refractivity contribution in [3.63, 3.8) is 0 Å². The number of pyridine rings is 1. The van der Waals surface area contributed by atoms with Crippen LogP contribution in [0, 0.1) is 11.3 Å². The lowest BCUT2D eigenvalue weighted by Gasteiger charge is -2.49. The Balaban J connectivity index is 1.54. The number of aryl methyl sites for hydroxylation is 1. The van der Waals surface area contributed by atoms with Gasteiger partial charge in [0.15, 0.2) is 5.65 Å². The maximum Gasteiger partial charge on any atom is 0.281 e. The van der Waals surface area contributed by atoms with Crippen LogP contribution in [0.5, 0.6) is 0 Å². The van der Waals surface area contributed by atoms with Gasteiger partial charge in [-0.1, -0.05) is 13.8 Å². The normalized spacial score (nSPS) is 19.7. The van der Waals surface area contributed by atoms with Crippen molar-refractivity contribution in [2.24, 2.45) is 7.05 Å². The number of rotatable bonds is 6. The number of imidazole rings is 1. The number of thiazole rings is 1. The minimum atomic E-state index is -0.126. The number of piperazine rings is 1. The third-order valence-electron chi connectivity index (χ3n) is 7.33. The smallest absolute Gasteiger partial charge is 0.281 e. The summed E-state index contributed by atoms with van der Waals surface area (Å²) in [6.07, 6.45) is 3.87. The summed E-state index contributed by atoms with van der Waals surface area (Å²) in [5, 5.41) is 9.21. The van der Waals surface area contributed by atoms with E-state index in [2.05, 4.69) is 69.7 Å². The number of aromatic nitrogens is 5. The van der Waals surface area contributed by atoms with Crippen molar-refractivity contribution in [1.82, 2.24) is 29.0 Å². The Labute approximate surface area is 222 Å². The van der Waals surface area contributed by atoms with Crippen LogP contribution in [-0.4, -0.2) is 54.2 Å². The van der Waals surface area contributed by atoms with E-state index in [1.807, 2.05) is 5.51 Å². The van der Waals surface area contributed by atoms with Crippen LogP contribution in [0.2, 0.25) is 0 Å². The van der Waals surface area contributed by atoms with Gasteiger partial charge in [-0.2, -0.15) is 5.26 Å². The fourth-order valence-electron chi connectivity index (χ4n) is 5.27. The van der Waals surface area contributed by atoms with Crippen molar-refractivity contribution in [2.75, 3.05) is 18.0 Å². The summed E-state index contributed by atoms with van der Waals surface area (Å²) in [5.41, 5.74) is 5.87.